The lowest BCUT2D eigenvalue weighted by molar-refractivity contribution is -0.139. The normalized spacial score (nSPS) is 21.6. The van der Waals surface area contributed by atoms with Gasteiger partial charge in [-0.3, -0.25) is 9.59 Å². The molecule has 1 aliphatic rings. The monoisotopic (exact) mass is 281 g/mol. The second-order valence-corrected chi connectivity index (χ2v) is 5.01. The molecule has 0 aliphatic carbocycles. The van der Waals surface area contributed by atoms with E-state index in [1.807, 2.05) is 0 Å². The molecule has 1 unspecified atom stereocenters. The highest BCUT2D eigenvalue weighted by atomic mass is 19.1. The molecule has 1 aliphatic heterocycles. The van der Waals surface area contributed by atoms with Crippen LogP contribution in [0.1, 0.15) is 18.4 Å². The molecule has 0 spiro atoms. The van der Waals surface area contributed by atoms with Gasteiger partial charge < -0.3 is 15.2 Å². The van der Waals surface area contributed by atoms with Crippen LogP contribution in [0, 0.1) is 5.82 Å². The molecule has 1 amide bonds. The van der Waals surface area contributed by atoms with Crippen LogP contribution in [0.3, 0.4) is 0 Å². The number of amides is 1. The first-order valence-electron chi connectivity index (χ1n) is 6.34. The first-order chi connectivity index (χ1) is 9.49. The summed E-state index contributed by atoms with van der Waals surface area (Å²) in [5, 5.41) is 11.6. The van der Waals surface area contributed by atoms with Gasteiger partial charge in [0, 0.05) is 6.61 Å². The zero-order valence-electron chi connectivity index (χ0n) is 10.9. The maximum Gasteiger partial charge on any atom is 0.305 e. The molecule has 0 saturated carbocycles. The van der Waals surface area contributed by atoms with Crippen LogP contribution in [0.5, 0.6) is 0 Å². The second kappa shape index (κ2) is 6.00. The number of aliphatic carboxylic acids is 1. The lowest BCUT2D eigenvalue weighted by Crippen LogP contribution is -2.51. The molecule has 5 nitrogen and oxygen atoms in total. The molecule has 0 radical (unpaired) electrons. The van der Waals surface area contributed by atoms with Crippen LogP contribution in [0.4, 0.5) is 4.39 Å². The van der Waals surface area contributed by atoms with E-state index in [-0.39, 0.29) is 25.4 Å². The van der Waals surface area contributed by atoms with Crippen LogP contribution in [0.15, 0.2) is 24.3 Å². The van der Waals surface area contributed by atoms with Gasteiger partial charge in [-0.1, -0.05) is 12.1 Å². The fraction of sp³-hybridized carbons (Fsp3) is 0.429. The van der Waals surface area contributed by atoms with Gasteiger partial charge in [-0.25, -0.2) is 4.39 Å². The minimum Gasteiger partial charge on any atom is -0.481 e. The molecule has 1 fully saturated rings. The standard InChI is InChI=1S/C14H16FNO4/c15-11-3-1-2-10(6-11)7-12(17)16-14(8-13(18)19)4-5-20-9-14/h1-3,6H,4-5,7-9H2,(H,16,17)(H,18,19). The third-order valence-corrected chi connectivity index (χ3v) is 3.25. The van der Waals surface area contributed by atoms with E-state index in [0.29, 0.717) is 18.6 Å². The van der Waals surface area contributed by atoms with E-state index in [1.54, 1.807) is 6.07 Å². The fourth-order valence-electron chi connectivity index (χ4n) is 2.35. The van der Waals surface area contributed by atoms with Crippen molar-refractivity contribution >= 4 is 11.9 Å². The first-order valence-corrected chi connectivity index (χ1v) is 6.34. The van der Waals surface area contributed by atoms with Crippen LogP contribution < -0.4 is 5.32 Å². The smallest absolute Gasteiger partial charge is 0.305 e. The van der Waals surface area contributed by atoms with E-state index >= 15 is 0 Å². The molecular formula is C14H16FNO4. The number of hydrogen-bond acceptors (Lipinski definition) is 3. The summed E-state index contributed by atoms with van der Waals surface area (Å²) in [6, 6.07) is 5.77. The summed E-state index contributed by atoms with van der Waals surface area (Å²) >= 11 is 0. The van der Waals surface area contributed by atoms with Crippen molar-refractivity contribution in [1.29, 1.82) is 0 Å². The van der Waals surface area contributed by atoms with E-state index in [2.05, 4.69) is 5.32 Å². The highest BCUT2D eigenvalue weighted by Crippen LogP contribution is 2.23. The largest absolute Gasteiger partial charge is 0.481 e. The molecule has 6 heteroatoms. The Labute approximate surface area is 115 Å². The van der Waals surface area contributed by atoms with E-state index in [0.717, 1.165) is 0 Å². The van der Waals surface area contributed by atoms with Gasteiger partial charge in [-0.2, -0.15) is 0 Å². The van der Waals surface area contributed by atoms with Crippen molar-refractivity contribution in [3.05, 3.63) is 35.6 Å². The van der Waals surface area contributed by atoms with Crippen molar-refractivity contribution in [1.82, 2.24) is 5.32 Å². The number of carboxylic acid groups (broad SMARTS) is 1. The minimum absolute atomic E-state index is 0.0130. The quantitative estimate of drug-likeness (QED) is 0.848. The second-order valence-electron chi connectivity index (χ2n) is 5.01. The van der Waals surface area contributed by atoms with Gasteiger partial charge in [0.1, 0.15) is 5.82 Å². The number of carbonyl (C=O) groups excluding carboxylic acids is 1. The number of carboxylic acids is 1. The third-order valence-electron chi connectivity index (χ3n) is 3.25. The topological polar surface area (TPSA) is 75.6 Å². The Bertz CT molecular complexity index is 512. The Morgan fingerprint density at radius 2 is 2.25 bits per heavy atom. The number of rotatable bonds is 5. The Hall–Kier alpha value is -1.95. The first kappa shape index (κ1) is 14.5. The summed E-state index contributed by atoms with van der Waals surface area (Å²) in [6.45, 7) is 0.613. The molecule has 20 heavy (non-hydrogen) atoms. The van der Waals surface area contributed by atoms with E-state index in [4.69, 9.17) is 9.84 Å². The lowest BCUT2D eigenvalue weighted by atomic mass is 9.94. The fourth-order valence-corrected chi connectivity index (χ4v) is 2.35. The number of hydrogen-bond donors (Lipinski definition) is 2. The van der Waals surface area contributed by atoms with Gasteiger partial charge in [0.25, 0.3) is 0 Å². The minimum atomic E-state index is -0.985. The number of ether oxygens (including phenoxy) is 1. The van der Waals surface area contributed by atoms with Gasteiger partial charge in [0.15, 0.2) is 0 Å². The molecule has 1 saturated heterocycles. The predicted molar refractivity (Wildman–Crippen MR) is 68.7 cm³/mol. The van der Waals surface area contributed by atoms with E-state index in [9.17, 15) is 14.0 Å². The molecule has 1 atom stereocenters. The maximum absolute atomic E-state index is 13.0. The van der Waals surface area contributed by atoms with Crippen molar-refractivity contribution in [3.8, 4) is 0 Å². The Kier molecular flexibility index (Phi) is 4.34. The van der Waals surface area contributed by atoms with Gasteiger partial charge in [0.2, 0.25) is 5.91 Å². The van der Waals surface area contributed by atoms with Crippen LogP contribution in [-0.4, -0.2) is 35.7 Å². The van der Waals surface area contributed by atoms with Gasteiger partial charge in [-0.15, -0.1) is 0 Å². The van der Waals surface area contributed by atoms with Crippen LogP contribution in [0.25, 0.3) is 0 Å². The predicted octanol–water partition coefficient (Wildman–Crippen LogP) is 1.12. The highest BCUT2D eigenvalue weighted by Gasteiger charge is 2.38. The molecule has 0 bridgehead atoms. The Balaban J connectivity index is 2.00. The SMILES string of the molecule is O=C(O)CC1(NC(=O)Cc2cccc(F)c2)CCOC1. The van der Waals surface area contributed by atoms with Gasteiger partial charge in [0.05, 0.1) is 25.0 Å². The molecule has 1 heterocycles. The van der Waals surface area contributed by atoms with Crippen molar-refractivity contribution in [2.75, 3.05) is 13.2 Å². The van der Waals surface area contributed by atoms with Crippen molar-refractivity contribution in [3.63, 3.8) is 0 Å². The molecule has 108 valence electrons. The summed E-state index contributed by atoms with van der Waals surface area (Å²) in [6.07, 6.45) is 0.301. The number of halogens is 1. The molecule has 0 aromatic heterocycles. The highest BCUT2D eigenvalue weighted by molar-refractivity contribution is 5.80. The summed E-state index contributed by atoms with van der Waals surface area (Å²) in [5.41, 5.74) is -0.303. The third kappa shape index (κ3) is 3.77. The summed E-state index contributed by atoms with van der Waals surface area (Å²) < 4.78 is 18.2. The molecule has 1 aromatic rings. The van der Waals surface area contributed by atoms with Crippen LogP contribution in [-0.2, 0) is 20.7 Å². The molecular weight excluding hydrogens is 265 g/mol. The zero-order chi connectivity index (χ0) is 14.6. The van der Waals surface area contributed by atoms with E-state index < -0.39 is 17.3 Å². The number of nitrogens with one attached hydrogen (secondary N) is 1. The van der Waals surface area contributed by atoms with Crippen LogP contribution >= 0.6 is 0 Å². The number of carbonyl (C=O) groups is 2. The molecule has 2 N–H and O–H groups in total. The average Bonchev–Trinajstić information content (AvgIpc) is 2.75. The average molecular weight is 281 g/mol. The summed E-state index contributed by atoms with van der Waals surface area (Å²) in [7, 11) is 0. The molecule has 1 aromatic carbocycles. The number of benzene rings is 1. The van der Waals surface area contributed by atoms with E-state index in [1.165, 1.54) is 18.2 Å². The van der Waals surface area contributed by atoms with Crippen molar-refractivity contribution in [2.24, 2.45) is 0 Å². The summed E-state index contributed by atoms with van der Waals surface area (Å²) in [4.78, 5) is 22.9. The van der Waals surface area contributed by atoms with Crippen molar-refractivity contribution in [2.45, 2.75) is 24.8 Å². The van der Waals surface area contributed by atoms with Crippen LogP contribution in [0.2, 0.25) is 0 Å². The Morgan fingerprint density at radius 1 is 1.45 bits per heavy atom. The Morgan fingerprint density at radius 3 is 2.85 bits per heavy atom. The zero-order valence-corrected chi connectivity index (χ0v) is 10.9. The van der Waals surface area contributed by atoms with Gasteiger partial charge >= 0.3 is 5.97 Å². The summed E-state index contributed by atoms with van der Waals surface area (Å²) in [5.74, 6) is -1.72. The molecule has 2 rings (SSSR count). The maximum atomic E-state index is 13.0. The van der Waals surface area contributed by atoms with Crippen molar-refractivity contribution < 1.29 is 23.8 Å². The lowest BCUT2D eigenvalue weighted by Gasteiger charge is -2.27. The van der Waals surface area contributed by atoms with Gasteiger partial charge in [-0.05, 0) is 24.1 Å².